The molecule has 2 aromatic heterocycles. The summed E-state index contributed by atoms with van der Waals surface area (Å²) < 4.78 is 6.90. The van der Waals surface area contributed by atoms with Crippen molar-refractivity contribution in [1.82, 2.24) is 14.8 Å². The van der Waals surface area contributed by atoms with E-state index in [0.29, 0.717) is 21.6 Å². The fraction of sp³-hybridized carbons (Fsp3) is 0.333. The van der Waals surface area contributed by atoms with Gasteiger partial charge in [0.25, 0.3) is 0 Å². The fourth-order valence-corrected chi connectivity index (χ4v) is 4.98. The summed E-state index contributed by atoms with van der Waals surface area (Å²) in [6, 6.07) is 9.94. The summed E-state index contributed by atoms with van der Waals surface area (Å²) in [5.41, 5.74) is 2.24. The van der Waals surface area contributed by atoms with Crippen molar-refractivity contribution in [3.63, 3.8) is 0 Å². The summed E-state index contributed by atoms with van der Waals surface area (Å²) in [5, 5.41) is 12.8. The maximum atomic E-state index is 12.6. The molecule has 9 heteroatoms. The molecule has 2 heterocycles. The zero-order valence-electron chi connectivity index (χ0n) is 17.0. The van der Waals surface area contributed by atoms with Gasteiger partial charge in [0.2, 0.25) is 5.91 Å². The minimum atomic E-state index is -0.447. The van der Waals surface area contributed by atoms with Crippen LogP contribution < -0.4 is 5.32 Å². The largest absolute Gasteiger partial charge is 0.465 e. The number of para-hydroxylation sites is 1. The summed E-state index contributed by atoms with van der Waals surface area (Å²) in [4.78, 5) is 25.7. The molecule has 0 radical (unpaired) electrons. The lowest BCUT2D eigenvalue weighted by molar-refractivity contribution is -0.113. The van der Waals surface area contributed by atoms with E-state index in [1.54, 1.807) is 0 Å². The van der Waals surface area contributed by atoms with Gasteiger partial charge in [0, 0.05) is 16.5 Å². The molecule has 1 aliphatic rings. The first kappa shape index (κ1) is 20.6. The summed E-state index contributed by atoms with van der Waals surface area (Å²) >= 11 is 2.71. The van der Waals surface area contributed by atoms with Crippen LogP contribution in [0.5, 0.6) is 0 Å². The van der Waals surface area contributed by atoms with Crippen molar-refractivity contribution in [2.24, 2.45) is 0 Å². The number of hydrogen-bond acceptors (Lipinski definition) is 7. The van der Waals surface area contributed by atoms with E-state index >= 15 is 0 Å². The van der Waals surface area contributed by atoms with Crippen LogP contribution in [0.4, 0.5) is 5.00 Å². The number of thiophene rings is 1. The number of benzene rings is 1. The molecule has 1 saturated carbocycles. The Morgan fingerprint density at radius 2 is 1.97 bits per heavy atom. The molecular weight excluding hydrogens is 420 g/mol. The van der Waals surface area contributed by atoms with E-state index in [2.05, 4.69) is 15.5 Å². The number of carbonyl (C=O) groups is 2. The molecule has 1 fully saturated rings. The number of nitrogens with one attached hydrogen (secondary N) is 1. The van der Waals surface area contributed by atoms with Gasteiger partial charge in [0.05, 0.1) is 18.4 Å². The zero-order valence-corrected chi connectivity index (χ0v) is 18.6. The molecule has 1 aromatic carbocycles. The number of rotatable bonds is 7. The van der Waals surface area contributed by atoms with E-state index in [-0.39, 0.29) is 11.7 Å². The van der Waals surface area contributed by atoms with Gasteiger partial charge in [-0.2, -0.15) is 0 Å². The average molecular weight is 443 g/mol. The van der Waals surface area contributed by atoms with Crippen LogP contribution in [-0.2, 0) is 9.53 Å². The standard InChI is InChI=1S/C21H22N4O3S2/c1-12-13(2)30-19(17(12)20(27)28-3)22-16(26)11-29-21-24-23-18(14-9-10-14)25(21)15-7-5-4-6-8-15/h4-8,14H,9-11H2,1-3H3,(H,22,26). The third-order valence-electron chi connectivity index (χ3n) is 4.98. The Hall–Kier alpha value is -2.65. The number of methoxy groups -OCH3 is 1. The molecule has 0 spiro atoms. The molecule has 1 N–H and O–H groups in total. The third-order valence-corrected chi connectivity index (χ3v) is 7.03. The van der Waals surface area contributed by atoms with E-state index in [1.807, 2.05) is 48.7 Å². The van der Waals surface area contributed by atoms with E-state index in [4.69, 9.17) is 4.74 Å². The highest BCUT2D eigenvalue weighted by Crippen LogP contribution is 2.41. The summed E-state index contributed by atoms with van der Waals surface area (Å²) in [7, 11) is 1.34. The molecular formula is C21H22N4O3S2. The molecule has 30 heavy (non-hydrogen) atoms. The monoisotopic (exact) mass is 442 g/mol. The van der Waals surface area contributed by atoms with Crippen molar-refractivity contribution in [2.45, 2.75) is 37.8 Å². The Morgan fingerprint density at radius 1 is 1.23 bits per heavy atom. The first-order valence-corrected chi connectivity index (χ1v) is 11.4. The van der Waals surface area contributed by atoms with Gasteiger partial charge < -0.3 is 10.1 Å². The van der Waals surface area contributed by atoms with E-state index in [9.17, 15) is 9.59 Å². The number of aryl methyl sites for hydroxylation is 1. The van der Waals surface area contributed by atoms with Crippen molar-refractivity contribution in [1.29, 1.82) is 0 Å². The highest BCUT2D eigenvalue weighted by molar-refractivity contribution is 7.99. The van der Waals surface area contributed by atoms with Gasteiger partial charge in [-0.3, -0.25) is 9.36 Å². The van der Waals surface area contributed by atoms with Crippen molar-refractivity contribution >= 4 is 40.0 Å². The Bertz CT molecular complexity index is 1090. The second-order valence-corrected chi connectivity index (χ2v) is 9.27. The maximum absolute atomic E-state index is 12.6. The number of amides is 1. The van der Waals surface area contributed by atoms with Crippen molar-refractivity contribution in [2.75, 3.05) is 18.2 Å². The zero-order chi connectivity index (χ0) is 21.3. The highest BCUT2D eigenvalue weighted by atomic mass is 32.2. The van der Waals surface area contributed by atoms with Gasteiger partial charge in [-0.25, -0.2) is 4.79 Å². The van der Waals surface area contributed by atoms with Gasteiger partial charge in [0.15, 0.2) is 5.16 Å². The summed E-state index contributed by atoms with van der Waals surface area (Å²) in [6.07, 6.45) is 2.23. The molecule has 7 nitrogen and oxygen atoms in total. The quantitative estimate of drug-likeness (QED) is 0.433. The number of anilines is 1. The molecule has 4 rings (SSSR count). The number of esters is 1. The number of thioether (sulfide) groups is 1. The van der Waals surface area contributed by atoms with Crippen molar-refractivity contribution in [3.05, 3.63) is 52.2 Å². The van der Waals surface area contributed by atoms with Crippen LogP contribution >= 0.6 is 23.1 Å². The molecule has 3 aromatic rings. The van der Waals surface area contributed by atoms with Gasteiger partial charge in [-0.1, -0.05) is 30.0 Å². The second kappa shape index (κ2) is 8.61. The van der Waals surface area contributed by atoms with Gasteiger partial charge >= 0.3 is 5.97 Å². The minimum Gasteiger partial charge on any atom is -0.465 e. The summed E-state index contributed by atoms with van der Waals surface area (Å²) in [5.74, 6) is 0.883. The number of carbonyl (C=O) groups excluding carboxylic acids is 2. The predicted octanol–water partition coefficient (Wildman–Crippen LogP) is 4.34. The number of aromatic nitrogens is 3. The topological polar surface area (TPSA) is 86.1 Å². The van der Waals surface area contributed by atoms with Crippen LogP contribution in [0.25, 0.3) is 5.69 Å². The van der Waals surface area contributed by atoms with Crippen LogP contribution in [0.1, 0.15) is 45.4 Å². The molecule has 0 saturated heterocycles. The van der Waals surface area contributed by atoms with Gasteiger partial charge in [-0.15, -0.1) is 21.5 Å². The molecule has 156 valence electrons. The molecule has 0 atom stereocenters. The lowest BCUT2D eigenvalue weighted by Gasteiger charge is -2.10. The Balaban J connectivity index is 1.51. The third kappa shape index (κ3) is 4.13. The Morgan fingerprint density at radius 3 is 2.63 bits per heavy atom. The molecule has 0 unspecified atom stereocenters. The number of hydrogen-bond donors (Lipinski definition) is 1. The predicted molar refractivity (Wildman–Crippen MR) is 118 cm³/mol. The van der Waals surface area contributed by atoms with E-state index < -0.39 is 5.97 Å². The highest BCUT2D eigenvalue weighted by Gasteiger charge is 2.31. The lowest BCUT2D eigenvalue weighted by atomic mass is 10.1. The fourth-order valence-electron chi connectivity index (χ4n) is 3.16. The SMILES string of the molecule is COC(=O)c1c(NC(=O)CSc2nnc(C3CC3)n2-c2ccccc2)sc(C)c1C. The first-order valence-electron chi connectivity index (χ1n) is 9.61. The van der Waals surface area contributed by atoms with Crippen LogP contribution in [0, 0.1) is 13.8 Å². The number of ether oxygens (including phenoxy) is 1. The summed E-state index contributed by atoms with van der Waals surface area (Å²) in [6.45, 7) is 3.77. The average Bonchev–Trinajstić information content (AvgIpc) is 3.45. The van der Waals surface area contributed by atoms with Gasteiger partial charge in [0.1, 0.15) is 10.8 Å². The maximum Gasteiger partial charge on any atom is 0.341 e. The van der Waals surface area contributed by atoms with E-state index in [0.717, 1.165) is 34.8 Å². The molecule has 0 aliphatic heterocycles. The molecule has 1 aliphatic carbocycles. The van der Waals surface area contributed by atoms with Crippen LogP contribution in [0.15, 0.2) is 35.5 Å². The van der Waals surface area contributed by atoms with Gasteiger partial charge in [-0.05, 0) is 44.4 Å². The Kier molecular flexibility index (Phi) is 5.92. The molecule has 0 bridgehead atoms. The second-order valence-electron chi connectivity index (χ2n) is 7.10. The smallest absolute Gasteiger partial charge is 0.341 e. The van der Waals surface area contributed by atoms with Crippen LogP contribution in [-0.4, -0.2) is 39.5 Å². The lowest BCUT2D eigenvalue weighted by Crippen LogP contribution is -2.16. The normalized spacial score (nSPS) is 13.3. The van der Waals surface area contributed by atoms with E-state index in [1.165, 1.54) is 30.2 Å². The van der Waals surface area contributed by atoms with Crippen LogP contribution in [0.2, 0.25) is 0 Å². The Labute approximate surface area is 182 Å². The van der Waals surface area contributed by atoms with Crippen molar-refractivity contribution in [3.8, 4) is 5.69 Å². The minimum absolute atomic E-state index is 0.159. The van der Waals surface area contributed by atoms with Crippen molar-refractivity contribution < 1.29 is 14.3 Å². The number of nitrogens with zero attached hydrogens (tertiary/aromatic N) is 3. The first-order chi connectivity index (χ1) is 14.5. The molecule has 1 amide bonds. The van der Waals surface area contributed by atoms with Crippen LogP contribution in [0.3, 0.4) is 0 Å².